The number of piperidine rings is 1. The van der Waals surface area contributed by atoms with E-state index in [2.05, 4.69) is 43.2 Å². The average molecular weight is 269 g/mol. The zero-order valence-corrected chi connectivity index (χ0v) is 13.1. The van der Waals surface area contributed by atoms with Crippen LogP contribution in [0.1, 0.15) is 47.0 Å². The molecule has 0 aromatic rings. The van der Waals surface area contributed by atoms with Crippen LogP contribution >= 0.6 is 0 Å². The van der Waals surface area contributed by atoms with E-state index >= 15 is 0 Å². The number of carbonyl (C=O) groups excluding carboxylic acids is 1. The summed E-state index contributed by atoms with van der Waals surface area (Å²) in [6, 6.07) is 0.228. The SMILES string of the molecule is CCN(CC)CC(C)NC(=O)C1(CC)CCNCC1. The number of likely N-dealkylation sites (N-methyl/N-ethyl adjacent to an activating group) is 1. The molecule has 1 fully saturated rings. The Labute approximate surface area is 118 Å². The molecule has 1 heterocycles. The molecule has 1 amide bonds. The Morgan fingerprint density at radius 3 is 2.32 bits per heavy atom. The Morgan fingerprint density at radius 2 is 1.84 bits per heavy atom. The van der Waals surface area contributed by atoms with Crippen molar-refractivity contribution in [2.24, 2.45) is 5.41 Å². The second-order valence-electron chi connectivity index (χ2n) is 5.74. The van der Waals surface area contributed by atoms with E-state index < -0.39 is 0 Å². The summed E-state index contributed by atoms with van der Waals surface area (Å²) in [6.45, 7) is 13.5. The van der Waals surface area contributed by atoms with Gasteiger partial charge in [0.25, 0.3) is 0 Å². The second-order valence-corrected chi connectivity index (χ2v) is 5.74. The predicted molar refractivity (Wildman–Crippen MR) is 80.2 cm³/mol. The second kappa shape index (κ2) is 7.85. The van der Waals surface area contributed by atoms with Crippen molar-refractivity contribution in [3.8, 4) is 0 Å². The van der Waals surface area contributed by atoms with E-state index in [1.54, 1.807) is 0 Å². The van der Waals surface area contributed by atoms with Gasteiger partial charge in [-0.15, -0.1) is 0 Å². The first-order chi connectivity index (χ1) is 9.07. The summed E-state index contributed by atoms with van der Waals surface area (Å²) in [5.41, 5.74) is -0.136. The lowest BCUT2D eigenvalue weighted by Gasteiger charge is -2.36. The van der Waals surface area contributed by atoms with Gasteiger partial charge < -0.3 is 15.5 Å². The van der Waals surface area contributed by atoms with E-state index in [0.29, 0.717) is 0 Å². The molecule has 1 aliphatic rings. The highest BCUT2D eigenvalue weighted by molar-refractivity contribution is 5.83. The number of hydrogen-bond donors (Lipinski definition) is 2. The third-order valence-electron chi connectivity index (χ3n) is 4.52. The van der Waals surface area contributed by atoms with E-state index in [1.807, 2.05) is 0 Å². The smallest absolute Gasteiger partial charge is 0.226 e. The molecule has 0 bridgehead atoms. The van der Waals surface area contributed by atoms with Gasteiger partial charge in [-0.05, 0) is 52.4 Å². The summed E-state index contributed by atoms with van der Waals surface area (Å²) >= 11 is 0. The molecule has 19 heavy (non-hydrogen) atoms. The summed E-state index contributed by atoms with van der Waals surface area (Å²) in [4.78, 5) is 14.9. The number of amides is 1. The standard InChI is InChI=1S/C15H31N3O/c1-5-15(8-10-16-11-9-15)14(19)17-13(4)12-18(6-2)7-3/h13,16H,5-12H2,1-4H3,(H,17,19). The third-order valence-corrected chi connectivity index (χ3v) is 4.52. The Hall–Kier alpha value is -0.610. The van der Waals surface area contributed by atoms with E-state index in [-0.39, 0.29) is 17.4 Å². The Morgan fingerprint density at radius 1 is 1.26 bits per heavy atom. The minimum Gasteiger partial charge on any atom is -0.352 e. The van der Waals surface area contributed by atoms with Crippen molar-refractivity contribution in [1.82, 2.24) is 15.5 Å². The monoisotopic (exact) mass is 269 g/mol. The van der Waals surface area contributed by atoms with Gasteiger partial charge in [0.1, 0.15) is 0 Å². The van der Waals surface area contributed by atoms with Gasteiger partial charge in [-0.3, -0.25) is 4.79 Å². The fraction of sp³-hybridized carbons (Fsp3) is 0.933. The van der Waals surface area contributed by atoms with E-state index in [4.69, 9.17) is 0 Å². The summed E-state index contributed by atoms with van der Waals surface area (Å²) in [7, 11) is 0. The molecular formula is C15H31N3O. The van der Waals surface area contributed by atoms with Crippen LogP contribution in [0.2, 0.25) is 0 Å². The molecule has 0 aromatic heterocycles. The van der Waals surface area contributed by atoms with Crippen LogP contribution in [-0.2, 0) is 4.79 Å². The fourth-order valence-corrected chi connectivity index (χ4v) is 2.94. The van der Waals surface area contributed by atoms with Crippen molar-refractivity contribution in [3.05, 3.63) is 0 Å². The zero-order valence-electron chi connectivity index (χ0n) is 13.1. The summed E-state index contributed by atoms with van der Waals surface area (Å²) in [5.74, 6) is 0.260. The highest BCUT2D eigenvalue weighted by Gasteiger charge is 2.38. The van der Waals surface area contributed by atoms with Gasteiger partial charge in [-0.25, -0.2) is 0 Å². The minimum absolute atomic E-state index is 0.136. The molecule has 4 nitrogen and oxygen atoms in total. The molecule has 1 atom stereocenters. The Bertz CT molecular complexity index is 271. The normalized spacial score (nSPS) is 20.3. The number of nitrogens with one attached hydrogen (secondary N) is 2. The van der Waals surface area contributed by atoms with Crippen LogP contribution in [-0.4, -0.2) is 49.6 Å². The van der Waals surface area contributed by atoms with Crippen molar-refractivity contribution in [2.75, 3.05) is 32.7 Å². The lowest BCUT2D eigenvalue weighted by Crippen LogP contribution is -2.51. The van der Waals surface area contributed by atoms with Crippen LogP contribution in [0.15, 0.2) is 0 Å². The van der Waals surface area contributed by atoms with Gasteiger partial charge in [0.15, 0.2) is 0 Å². The molecule has 0 saturated carbocycles. The number of carbonyl (C=O) groups is 1. The molecule has 0 radical (unpaired) electrons. The fourth-order valence-electron chi connectivity index (χ4n) is 2.94. The first-order valence-corrected chi connectivity index (χ1v) is 7.82. The predicted octanol–water partition coefficient (Wildman–Crippen LogP) is 1.61. The lowest BCUT2D eigenvalue weighted by molar-refractivity contribution is -0.133. The van der Waals surface area contributed by atoms with Crippen molar-refractivity contribution in [3.63, 3.8) is 0 Å². The minimum atomic E-state index is -0.136. The summed E-state index contributed by atoms with van der Waals surface area (Å²) in [6.07, 6.45) is 2.87. The number of nitrogens with zero attached hydrogens (tertiary/aromatic N) is 1. The van der Waals surface area contributed by atoms with Crippen molar-refractivity contribution < 1.29 is 4.79 Å². The quantitative estimate of drug-likeness (QED) is 0.738. The highest BCUT2D eigenvalue weighted by Crippen LogP contribution is 2.32. The molecule has 0 aromatic carbocycles. The van der Waals surface area contributed by atoms with E-state index in [0.717, 1.165) is 52.0 Å². The molecule has 1 saturated heterocycles. The summed E-state index contributed by atoms with van der Waals surface area (Å²) in [5, 5.41) is 6.58. The van der Waals surface area contributed by atoms with Crippen molar-refractivity contribution >= 4 is 5.91 Å². The first kappa shape index (κ1) is 16.4. The third kappa shape index (κ3) is 4.46. The van der Waals surface area contributed by atoms with Crippen LogP contribution < -0.4 is 10.6 Å². The molecule has 0 spiro atoms. The van der Waals surface area contributed by atoms with Gasteiger partial charge in [0.05, 0.1) is 5.41 Å². The molecular weight excluding hydrogens is 238 g/mol. The van der Waals surface area contributed by atoms with Crippen LogP contribution in [0.4, 0.5) is 0 Å². The van der Waals surface area contributed by atoms with Gasteiger partial charge in [-0.1, -0.05) is 20.8 Å². The molecule has 1 aliphatic heterocycles. The molecule has 4 heteroatoms. The maximum absolute atomic E-state index is 12.6. The van der Waals surface area contributed by atoms with Gasteiger partial charge in [0, 0.05) is 12.6 Å². The van der Waals surface area contributed by atoms with Crippen LogP contribution in [0.25, 0.3) is 0 Å². The van der Waals surface area contributed by atoms with E-state index in [1.165, 1.54) is 0 Å². The first-order valence-electron chi connectivity index (χ1n) is 7.82. The molecule has 1 unspecified atom stereocenters. The van der Waals surface area contributed by atoms with Crippen LogP contribution in [0.3, 0.4) is 0 Å². The van der Waals surface area contributed by atoms with Crippen molar-refractivity contribution in [1.29, 1.82) is 0 Å². The van der Waals surface area contributed by atoms with Crippen LogP contribution in [0, 0.1) is 5.41 Å². The molecule has 0 aliphatic carbocycles. The maximum Gasteiger partial charge on any atom is 0.226 e. The number of rotatable bonds is 7. The van der Waals surface area contributed by atoms with Gasteiger partial charge >= 0.3 is 0 Å². The molecule has 2 N–H and O–H groups in total. The van der Waals surface area contributed by atoms with Gasteiger partial charge in [-0.2, -0.15) is 0 Å². The average Bonchev–Trinajstić information content (AvgIpc) is 2.45. The topological polar surface area (TPSA) is 44.4 Å². The van der Waals surface area contributed by atoms with Gasteiger partial charge in [0.2, 0.25) is 5.91 Å². The molecule has 112 valence electrons. The lowest BCUT2D eigenvalue weighted by atomic mass is 9.75. The highest BCUT2D eigenvalue weighted by atomic mass is 16.2. The van der Waals surface area contributed by atoms with E-state index in [9.17, 15) is 4.79 Å². The Kier molecular flexibility index (Phi) is 6.80. The van der Waals surface area contributed by atoms with Crippen LogP contribution in [0.5, 0.6) is 0 Å². The largest absolute Gasteiger partial charge is 0.352 e. The zero-order chi connectivity index (χ0) is 14.3. The maximum atomic E-state index is 12.6. The summed E-state index contributed by atoms with van der Waals surface area (Å²) < 4.78 is 0. The van der Waals surface area contributed by atoms with Crippen molar-refractivity contribution in [2.45, 2.75) is 53.0 Å². The number of hydrogen-bond acceptors (Lipinski definition) is 3. The Balaban J connectivity index is 2.52. The molecule has 1 rings (SSSR count).